The van der Waals surface area contributed by atoms with Gasteiger partial charge in [0.2, 0.25) is 5.91 Å². The lowest BCUT2D eigenvalue weighted by molar-refractivity contribution is -0.152. The molecule has 11 nitrogen and oxygen atoms in total. The standard InChI is InChI=1S/C14H25N3O8S/c1-14(2,12(19)23-3)8-24-26(21,22)25-17(13(16)20)10-6-4-9(5-7-10)11(15)18/h9-10H,4-8H2,1-3H3,(H2,15,18)(H2,16,20). The Morgan fingerprint density at radius 3 is 2.08 bits per heavy atom. The van der Waals surface area contributed by atoms with Crippen molar-refractivity contribution >= 4 is 28.3 Å². The first-order chi connectivity index (χ1) is 11.9. The Kier molecular flexibility index (Phi) is 7.35. The Morgan fingerprint density at radius 2 is 1.65 bits per heavy atom. The molecule has 0 saturated heterocycles. The van der Waals surface area contributed by atoms with Crippen LogP contribution in [0.25, 0.3) is 0 Å². The molecule has 0 atom stereocenters. The Bertz CT molecular complexity index is 641. The molecule has 4 N–H and O–H groups in total. The predicted octanol–water partition coefficient (Wildman–Crippen LogP) is -0.197. The van der Waals surface area contributed by atoms with Crippen LogP contribution in [0.2, 0.25) is 0 Å². The first-order valence-corrected chi connectivity index (χ1v) is 9.28. The van der Waals surface area contributed by atoms with Gasteiger partial charge in [0, 0.05) is 5.92 Å². The Hall–Kier alpha value is -1.92. The summed E-state index contributed by atoms with van der Waals surface area (Å²) in [5.74, 6) is -1.46. The van der Waals surface area contributed by atoms with Gasteiger partial charge in [-0.05, 0) is 39.5 Å². The minimum Gasteiger partial charge on any atom is -0.469 e. The molecule has 1 rings (SSSR count). The van der Waals surface area contributed by atoms with Crippen molar-refractivity contribution in [3.05, 3.63) is 0 Å². The maximum absolute atomic E-state index is 12.0. The molecule has 26 heavy (non-hydrogen) atoms. The average Bonchev–Trinajstić information content (AvgIpc) is 2.57. The smallest absolute Gasteiger partial charge is 0.421 e. The number of esters is 1. The van der Waals surface area contributed by atoms with Crippen LogP contribution in [0.4, 0.5) is 4.79 Å². The van der Waals surface area contributed by atoms with Crippen LogP contribution in [-0.4, -0.2) is 51.1 Å². The van der Waals surface area contributed by atoms with Crippen molar-refractivity contribution in [3.63, 3.8) is 0 Å². The highest BCUT2D eigenvalue weighted by Gasteiger charge is 2.36. The van der Waals surface area contributed by atoms with Gasteiger partial charge in [-0.15, -0.1) is 4.28 Å². The second-order valence-corrected chi connectivity index (χ2v) is 7.89. The summed E-state index contributed by atoms with van der Waals surface area (Å²) in [4.78, 5) is 34.3. The molecule has 1 saturated carbocycles. The van der Waals surface area contributed by atoms with E-state index < -0.39 is 46.4 Å². The SMILES string of the molecule is COC(=O)C(C)(C)COS(=O)(=O)ON(C(N)=O)C1CCC(C(N)=O)CC1. The van der Waals surface area contributed by atoms with E-state index in [4.69, 9.17) is 11.5 Å². The van der Waals surface area contributed by atoms with Crippen LogP contribution in [-0.2, 0) is 33.2 Å². The molecule has 0 heterocycles. The first-order valence-electron chi connectivity index (χ1n) is 7.95. The van der Waals surface area contributed by atoms with Crippen molar-refractivity contribution < 1.29 is 36.0 Å². The van der Waals surface area contributed by atoms with Gasteiger partial charge in [-0.2, -0.15) is 13.5 Å². The number of urea groups is 1. The number of nitrogens with two attached hydrogens (primary N) is 2. The van der Waals surface area contributed by atoms with Crippen molar-refractivity contribution in [2.75, 3.05) is 13.7 Å². The number of primary amides is 2. The van der Waals surface area contributed by atoms with Crippen LogP contribution in [0.1, 0.15) is 39.5 Å². The van der Waals surface area contributed by atoms with Crippen LogP contribution in [0, 0.1) is 11.3 Å². The topological polar surface area (TPSA) is 168 Å². The zero-order valence-corrected chi connectivity index (χ0v) is 15.8. The summed E-state index contributed by atoms with van der Waals surface area (Å²) >= 11 is 0. The fourth-order valence-corrected chi connectivity index (χ4v) is 3.42. The lowest BCUT2D eigenvalue weighted by Gasteiger charge is -2.33. The van der Waals surface area contributed by atoms with Gasteiger partial charge in [-0.25, -0.2) is 8.98 Å². The summed E-state index contributed by atoms with van der Waals surface area (Å²) in [7, 11) is -3.50. The second kappa shape index (κ2) is 8.64. The fraction of sp³-hybridized carbons (Fsp3) is 0.786. The molecule has 0 aromatic rings. The van der Waals surface area contributed by atoms with Crippen LogP contribution in [0.15, 0.2) is 0 Å². The number of rotatable bonds is 8. The maximum atomic E-state index is 12.0. The van der Waals surface area contributed by atoms with E-state index in [0.29, 0.717) is 30.7 Å². The van der Waals surface area contributed by atoms with E-state index in [1.807, 2.05) is 0 Å². The Morgan fingerprint density at radius 1 is 1.12 bits per heavy atom. The van der Waals surface area contributed by atoms with Crippen molar-refractivity contribution in [1.82, 2.24) is 5.06 Å². The van der Waals surface area contributed by atoms with E-state index in [-0.39, 0.29) is 5.92 Å². The second-order valence-electron chi connectivity index (χ2n) is 6.69. The number of nitrogens with zero attached hydrogens (tertiary/aromatic N) is 1. The number of carbonyl (C=O) groups is 3. The zero-order valence-electron chi connectivity index (χ0n) is 15.0. The van der Waals surface area contributed by atoms with E-state index in [1.165, 1.54) is 13.8 Å². The molecular weight excluding hydrogens is 370 g/mol. The van der Waals surface area contributed by atoms with Crippen molar-refractivity contribution in [2.24, 2.45) is 22.8 Å². The number of ether oxygens (including phenoxy) is 1. The molecule has 0 bridgehead atoms. The summed E-state index contributed by atoms with van der Waals surface area (Å²) in [5.41, 5.74) is 9.19. The number of carbonyl (C=O) groups excluding carboxylic acids is 3. The van der Waals surface area contributed by atoms with Gasteiger partial charge in [0.25, 0.3) is 0 Å². The molecule has 1 fully saturated rings. The molecule has 0 aromatic heterocycles. The van der Waals surface area contributed by atoms with E-state index in [2.05, 4.69) is 13.2 Å². The molecule has 1 aliphatic rings. The molecular formula is C14H25N3O8S. The van der Waals surface area contributed by atoms with Gasteiger partial charge in [0.15, 0.2) is 0 Å². The van der Waals surface area contributed by atoms with Gasteiger partial charge >= 0.3 is 22.4 Å². The highest BCUT2D eigenvalue weighted by atomic mass is 32.3. The third-order valence-electron chi connectivity index (χ3n) is 4.12. The van der Waals surface area contributed by atoms with E-state index >= 15 is 0 Å². The van der Waals surface area contributed by atoms with Gasteiger partial charge < -0.3 is 16.2 Å². The van der Waals surface area contributed by atoms with Crippen molar-refractivity contribution in [2.45, 2.75) is 45.6 Å². The Balaban J connectivity index is 2.73. The van der Waals surface area contributed by atoms with Gasteiger partial charge in [0.1, 0.15) is 0 Å². The van der Waals surface area contributed by atoms with Gasteiger partial charge in [-0.1, -0.05) is 0 Å². The zero-order chi connectivity index (χ0) is 20.1. The maximum Gasteiger partial charge on any atom is 0.421 e. The molecule has 1 aliphatic carbocycles. The molecule has 150 valence electrons. The van der Waals surface area contributed by atoms with E-state index in [9.17, 15) is 22.8 Å². The molecule has 3 amide bonds. The average molecular weight is 395 g/mol. The molecule has 0 radical (unpaired) electrons. The van der Waals surface area contributed by atoms with E-state index in [0.717, 1.165) is 7.11 Å². The summed E-state index contributed by atoms with van der Waals surface area (Å²) in [6.07, 6.45) is 1.34. The minimum atomic E-state index is -4.65. The van der Waals surface area contributed by atoms with Gasteiger partial charge in [0.05, 0.1) is 25.2 Å². The van der Waals surface area contributed by atoms with Gasteiger partial charge in [-0.3, -0.25) is 9.59 Å². The fourth-order valence-electron chi connectivity index (χ4n) is 2.55. The number of methoxy groups -OCH3 is 1. The molecule has 0 spiro atoms. The number of hydrogen-bond acceptors (Lipinski definition) is 8. The van der Waals surface area contributed by atoms with Crippen LogP contribution in [0.5, 0.6) is 0 Å². The summed E-state index contributed by atoms with van der Waals surface area (Å²) in [6.45, 7) is 2.29. The first kappa shape index (κ1) is 22.1. The monoisotopic (exact) mass is 395 g/mol. The molecule has 0 aromatic carbocycles. The summed E-state index contributed by atoms with van der Waals surface area (Å²) < 4.78 is 37.9. The van der Waals surface area contributed by atoms with Crippen LogP contribution < -0.4 is 11.5 Å². The highest BCUT2D eigenvalue weighted by Crippen LogP contribution is 2.28. The number of hydroxylamine groups is 2. The number of amides is 3. The highest BCUT2D eigenvalue weighted by molar-refractivity contribution is 7.81. The van der Waals surface area contributed by atoms with E-state index in [1.54, 1.807) is 0 Å². The van der Waals surface area contributed by atoms with Crippen LogP contribution >= 0.6 is 0 Å². The van der Waals surface area contributed by atoms with Crippen molar-refractivity contribution in [1.29, 1.82) is 0 Å². The largest absolute Gasteiger partial charge is 0.469 e. The van der Waals surface area contributed by atoms with Crippen molar-refractivity contribution in [3.8, 4) is 0 Å². The summed E-state index contributed by atoms with van der Waals surface area (Å²) in [5, 5.41) is 0.512. The predicted molar refractivity (Wildman–Crippen MR) is 88.1 cm³/mol. The third-order valence-corrected chi connectivity index (χ3v) is 4.87. The molecule has 12 heteroatoms. The third kappa shape index (κ3) is 6.11. The minimum absolute atomic E-state index is 0.291. The molecule has 0 unspecified atom stereocenters. The van der Waals surface area contributed by atoms with Crippen LogP contribution in [0.3, 0.4) is 0 Å². The lowest BCUT2D eigenvalue weighted by Crippen LogP contribution is -2.47. The Labute approximate surface area is 152 Å². The normalized spacial score (nSPS) is 21.0. The lowest BCUT2D eigenvalue weighted by atomic mass is 9.85. The quantitative estimate of drug-likeness (QED) is 0.421. The summed E-state index contributed by atoms with van der Waals surface area (Å²) in [6, 6.07) is -1.76. The number of hydrogen-bond donors (Lipinski definition) is 2. The molecule has 0 aliphatic heterocycles.